The molecule has 0 aliphatic rings. The van der Waals surface area contributed by atoms with Gasteiger partial charge in [0.05, 0.1) is 24.3 Å². The van der Waals surface area contributed by atoms with E-state index in [1.807, 2.05) is 6.07 Å². The van der Waals surface area contributed by atoms with E-state index in [-0.39, 0.29) is 26.4 Å². The van der Waals surface area contributed by atoms with E-state index in [2.05, 4.69) is 0 Å². The SMILES string of the molecule is O=C(OCCO)c1ccc2cc(C(=O)OCCO)ccc2c1.Oc1ccccc1. The highest BCUT2D eigenvalue weighted by Gasteiger charge is 2.10. The van der Waals surface area contributed by atoms with E-state index in [1.165, 1.54) is 0 Å². The first-order valence-electron chi connectivity index (χ1n) is 8.89. The number of para-hydroxylation sites is 1. The number of phenols is 1. The fourth-order valence-corrected chi connectivity index (χ4v) is 2.37. The van der Waals surface area contributed by atoms with Crippen LogP contribution in [0.15, 0.2) is 66.7 Å². The van der Waals surface area contributed by atoms with E-state index in [0.29, 0.717) is 16.9 Å². The van der Waals surface area contributed by atoms with Crippen molar-refractivity contribution in [1.82, 2.24) is 0 Å². The van der Waals surface area contributed by atoms with Crippen LogP contribution in [0.25, 0.3) is 10.8 Å². The van der Waals surface area contributed by atoms with Crippen molar-refractivity contribution in [1.29, 1.82) is 0 Å². The highest BCUT2D eigenvalue weighted by atomic mass is 16.5. The lowest BCUT2D eigenvalue weighted by molar-refractivity contribution is 0.0426. The molecule has 0 amide bonds. The van der Waals surface area contributed by atoms with Gasteiger partial charge in [-0.25, -0.2) is 9.59 Å². The first-order valence-corrected chi connectivity index (χ1v) is 8.89. The van der Waals surface area contributed by atoms with Gasteiger partial charge < -0.3 is 24.8 Å². The number of carbonyl (C=O) groups is 2. The van der Waals surface area contributed by atoms with Crippen molar-refractivity contribution in [3.8, 4) is 5.75 Å². The maximum Gasteiger partial charge on any atom is 0.338 e. The second kappa shape index (κ2) is 11.4. The van der Waals surface area contributed by atoms with Gasteiger partial charge in [-0.3, -0.25) is 0 Å². The van der Waals surface area contributed by atoms with Gasteiger partial charge in [-0.15, -0.1) is 0 Å². The number of carbonyl (C=O) groups excluding carboxylic acids is 2. The molecule has 0 aliphatic heterocycles. The third kappa shape index (κ3) is 6.91. The summed E-state index contributed by atoms with van der Waals surface area (Å²) in [7, 11) is 0. The average molecular weight is 398 g/mol. The molecule has 0 fully saturated rings. The first-order chi connectivity index (χ1) is 14.0. The molecule has 0 radical (unpaired) electrons. The molecule has 7 nitrogen and oxygen atoms in total. The van der Waals surface area contributed by atoms with Crippen molar-refractivity contribution in [2.75, 3.05) is 26.4 Å². The molecule has 0 saturated carbocycles. The van der Waals surface area contributed by atoms with Crippen LogP contribution in [0.1, 0.15) is 20.7 Å². The summed E-state index contributed by atoms with van der Waals surface area (Å²) in [5.74, 6) is -0.702. The summed E-state index contributed by atoms with van der Waals surface area (Å²) in [5.41, 5.74) is 0.744. The zero-order chi connectivity index (χ0) is 21.1. The maximum absolute atomic E-state index is 11.7. The van der Waals surface area contributed by atoms with Crippen molar-refractivity contribution in [2.24, 2.45) is 0 Å². The molecular weight excluding hydrogens is 376 g/mol. The van der Waals surface area contributed by atoms with Crippen LogP contribution in [-0.2, 0) is 9.47 Å². The molecule has 0 aromatic heterocycles. The summed E-state index contributed by atoms with van der Waals surface area (Å²) in [4.78, 5) is 23.4. The normalized spacial score (nSPS) is 10.0. The Kier molecular flexibility index (Phi) is 8.62. The van der Waals surface area contributed by atoms with E-state index in [4.69, 9.17) is 24.8 Å². The molecule has 3 N–H and O–H groups in total. The summed E-state index contributed by atoms with van der Waals surface area (Å²) in [6.45, 7) is -0.545. The fourth-order valence-electron chi connectivity index (χ4n) is 2.37. The standard InChI is InChI=1S/C16H16O6.C6H6O/c17-5-7-21-15(19)13-3-1-11-9-14(4-2-12(11)10-13)16(20)22-8-6-18;7-6-4-2-1-3-5-6/h1-4,9-10,17-18H,5-8H2;1-5,7H. The number of hydrogen-bond donors (Lipinski definition) is 3. The molecule has 0 heterocycles. The molecular formula is C22H22O7. The Labute approximate surface area is 167 Å². The third-order valence-electron chi connectivity index (χ3n) is 3.72. The minimum absolute atomic E-state index is 0.0491. The molecule has 152 valence electrons. The summed E-state index contributed by atoms with van der Waals surface area (Å²) >= 11 is 0. The predicted octanol–water partition coefficient (Wildman–Crippen LogP) is 2.53. The number of esters is 2. The molecule has 0 bridgehead atoms. The molecule has 29 heavy (non-hydrogen) atoms. The Morgan fingerprint density at radius 3 is 1.48 bits per heavy atom. The van der Waals surface area contributed by atoms with Crippen molar-refractivity contribution in [3.05, 3.63) is 77.9 Å². The molecule has 3 aromatic carbocycles. The van der Waals surface area contributed by atoms with Crippen LogP contribution in [0.5, 0.6) is 5.75 Å². The highest BCUT2D eigenvalue weighted by molar-refractivity contribution is 5.99. The average Bonchev–Trinajstić information content (AvgIpc) is 2.76. The van der Waals surface area contributed by atoms with Crippen LogP contribution in [0.3, 0.4) is 0 Å². The number of aliphatic hydroxyl groups excluding tert-OH is 2. The van der Waals surface area contributed by atoms with Gasteiger partial charge in [-0.1, -0.05) is 30.3 Å². The van der Waals surface area contributed by atoms with Gasteiger partial charge in [0, 0.05) is 0 Å². The lowest BCUT2D eigenvalue weighted by atomic mass is 10.0. The van der Waals surface area contributed by atoms with Gasteiger partial charge in [0.1, 0.15) is 19.0 Å². The van der Waals surface area contributed by atoms with E-state index in [1.54, 1.807) is 60.7 Å². The number of aliphatic hydroxyl groups is 2. The van der Waals surface area contributed by atoms with Crippen LogP contribution >= 0.6 is 0 Å². The van der Waals surface area contributed by atoms with Gasteiger partial charge in [0.15, 0.2) is 0 Å². The predicted molar refractivity (Wildman–Crippen MR) is 107 cm³/mol. The molecule has 3 rings (SSSR count). The van der Waals surface area contributed by atoms with Crippen LogP contribution in [0.2, 0.25) is 0 Å². The molecule has 0 atom stereocenters. The number of fused-ring (bicyclic) bond motifs is 1. The largest absolute Gasteiger partial charge is 0.508 e. The van der Waals surface area contributed by atoms with E-state index >= 15 is 0 Å². The second-order valence-corrected chi connectivity index (χ2v) is 5.83. The molecule has 0 saturated heterocycles. The molecule has 0 unspecified atom stereocenters. The van der Waals surface area contributed by atoms with Gasteiger partial charge in [-0.2, -0.15) is 0 Å². The Hall–Kier alpha value is -3.42. The van der Waals surface area contributed by atoms with Crippen LogP contribution in [0.4, 0.5) is 0 Å². The van der Waals surface area contributed by atoms with Crippen LogP contribution in [-0.4, -0.2) is 53.7 Å². The van der Waals surface area contributed by atoms with Crippen molar-refractivity contribution < 1.29 is 34.4 Å². The topological polar surface area (TPSA) is 113 Å². The summed E-state index contributed by atoms with van der Waals surface area (Å²) in [6, 6.07) is 18.6. The van der Waals surface area contributed by atoms with E-state index in [9.17, 15) is 9.59 Å². The Balaban J connectivity index is 0.000000360. The zero-order valence-corrected chi connectivity index (χ0v) is 15.7. The number of phenolic OH excluding ortho intramolecular Hbond substituents is 1. The lowest BCUT2D eigenvalue weighted by Crippen LogP contribution is -2.09. The molecule has 0 spiro atoms. The van der Waals surface area contributed by atoms with Gasteiger partial charge in [0.25, 0.3) is 0 Å². The highest BCUT2D eigenvalue weighted by Crippen LogP contribution is 2.19. The number of rotatable bonds is 6. The quantitative estimate of drug-likeness (QED) is 0.547. The third-order valence-corrected chi connectivity index (χ3v) is 3.72. The molecule has 7 heteroatoms. The van der Waals surface area contributed by atoms with Crippen LogP contribution < -0.4 is 0 Å². The van der Waals surface area contributed by atoms with E-state index in [0.717, 1.165) is 10.8 Å². The van der Waals surface area contributed by atoms with E-state index < -0.39 is 11.9 Å². The second-order valence-electron chi connectivity index (χ2n) is 5.83. The van der Waals surface area contributed by atoms with Crippen LogP contribution in [0, 0.1) is 0 Å². The lowest BCUT2D eigenvalue weighted by Gasteiger charge is -2.06. The number of aromatic hydroxyl groups is 1. The molecule has 3 aromatic rings. The Morgan fingerprint density at radius 2 is 1.14 bits per heavy atom. The van der Waals surface area contributed by atoms with Gasteiger partial charge in [-0.05, 0) is 47.2 Å². The van der Waals surface area contributed by atoms with Crippen molar-refractivity contribution in [2.45, 2.75) is 0 Å². The number of benzene rings is 3. The summed E-state index contributed by atoms with van der Waals surface area (Å²) in [5, 5.41) is 27.5. The number of hydrogen-bond acceptors (Lipinski definition) is 7. The summed E-state index contributed by atoms with van der Waals surface area (Å²) < 4.78 is 9.69. The smallest absolute Gasteiger partial charge is 0.338 e. The maximum atomic E-state index is 11.7. The first kappa shape index (κ1) is 21.9. The Morgan fingerprint density at radius 1 is 0.690 bits per heavy atom. The van der Waals surface area contributed by atoms with Gasteiger partial charge >= 0.3 is 11.9 Å². The minimum Gasteiger partial charge on any atom is -0.508 e. The molecule has 0 aliphatic carbocycles. The summed E-state index contributed by atoms with van der Waals surface area (Å²) in [6.07, 6.45) is 0. The minimum atomic E-state index is -0.512. The van der Waals surface area contributed by atoms with Crippen molar-refractivity contribution >= 4 is 22.7 Å². The Bertz CT molecular complexity index is 879. The number of ether oxygens (including phenoxy) is 2. The van der Waals surface area contributed by atoms with Crippen molar-refractivity contribution in [3.63, 3.8) is 0 Å². The van der Waals surface area contributed by atoms with Gasteiger partial charge in [0.2, 0.25) is 0 Å². The zero-order valence-electron chi connectivity index (χ0n) is 15.7. The monoisotopic (exact) mass is 398 g/mol. The fraction of sp³-hybridized carbons (Fsp3) is 0.182.